The zero-order chi connectivity index (χ0) is 26.3. The molecule has 7 nitrogen and oxygen atoms in total. The maximum atomic E-state index is 12.6. The Morgan fingerprint density at radius 3 is 1.33 bits per heavy atom. The van der Waals surface area contributed by atoms with Crippen molar-refractivity contribution in [3.63, 3.8) is 0 Å². The third kappa shape index (κ3) is 12.6. The topological polar surface area (TPSA) is 135 Å². The fraction of sp³-hybridized carbons (Fsp3) is 0.846. The molecule has 200 valence electrons. The summed E-state index contributed by atoms with van der Waals surface area (Å²) in [5.74, 6) is -3.90. The first kappa shape index (κ1) is 41.1. The van der Waals surface area contributed by atoms with Crippen LogP contribution in [0.15, 0.2) is 12.2 Å². The summed E-state index contributed by atoms with van der Waals surface area (Å²) in [6, 6.07) is 0. The van der Waals surface area contributed by atoms with E-state index >= 15 is 0 Å². The number of aliphatic carboxylic acids is 2. The van der Waals surface area contributed by atoms with Gasteiger partial charge in [-0.3, -0.25) is 4.55 Å². The van der Waals surface area contributed by atoms with E-state index in [0.29, 0.717) is 25.7 Å². The van der Waals surface area contributed by atoms with Gasteiger partial charge in [0.25, 0.3) is 10.1 Å². The molecule has 0 saturated carbocycles. The molecule has 0 fully saturated rings. The number of carbonyl (C=O) groups excluding carboxylic acids is 2. The van der Waals surface area contributed by atoms with Crippen LogP contribution in [0.4, 0.5) is 0 Å². The minimum atomic E-state index is -5.37. The summed E-state index contributed by atoms with van der Waals surface area (Å²) < 4.78 is 32.2. The van der Waals surface area contributed by atoms with E-state index in [2.05, 4.69) is 13.5 Å². The molecule has 0 aromatic carbocycles. The number of carboxylic acids is 2. The number of unbranched alkanes of at least 4 members (excludes halogenated alkanes) is 12. The second-order valence-corrected chi connectivity index (χ2v) is 11.5. The number of hydrogen-bond acceptors (Lipinski definition) is 6. The predicted octanol–water partition coefficient (Wildman–Crippen LogP) is -1.65. The van der Waals surface area contributed by atoms with Crippen LogP contribution in [0.1, 0.15) is 130 Å². The van der Waals surface area contributed by atoms with Crippen LogP contribution in [0.5, 0.6) is 0 Å². The van der Waals surface area contributed by atoms with Gasteiger partial charge in [-0.25, -0.2) is 0 Å². The van der Waals surface area contributed by atoms with Crippen molar-refractivity contribution in [1.82, 2.24) is 0 Å². The number of allylic oxidation sites excluding steroid dienone is 1. The van der Waals surface area contributed by atoms with Gasteiger partial charge in [-0.1, -0.05) is 109 Å². The van der Waals surface area contributed by atoms with Crippen LogP contribution in [-0.4, -0.2) is 29.7 Å². The summed E-state index contributed by atoms with van der Waals surface area (Å²) in [5, 5.41) is 24.9. The smallest absolute Gasteiger partial charge is 0.549 e. The standard InChI is InChI=1S/C26H48O7S.2Na/c1-5-7-9-11-12-13-14-15-16-18-20-25(23(27)28,19-17-10-8-6-2)26(24(29)30,21-22(3)4)34(31,32)33;;/h3,5-21H2,1-2,4H3,(H,27,28)(H,29,30)(H,31,32,33);;/q;2*+1/p-2. The van der Waals surface area contributed by atoms with Gasteiger partial charge in [-0.15, -0.1) is 6.58 Å². The molecular weight excluding hydrogens is 502 g/mol. The Kier molecular flexibility index (Phi) is 24.4. The average Bonchev–Trinajstić information content (AvgIpc) is 2.73. The normalized spacial score (nSPS) is 14.6. The molecule has 0 aromatic rings. The molecule has 0 aliphatic rings. The zero-order valence-electron chi connectivity index (χ0n) is 23.5. The minimum Gasteiger partial charge on any atom is -0.549 e. The molecule has 0 spiro atoms. The first-order chi connectivity index (χ1) is 15.9. The third-order valence-corrected chi connectivity index (χ3v) is 8.48. The van der Waals surface area contributed by atoms with Crippen molar-refractivity contribution in [2.24, 2.45) is 5.41 Å². The van der Waals surface area contributed by atoms with E-state index in [-0.39, 0.29) is 77.5 Å². The molecule has 0 rings (SSSR count). The Labute approximate surface area is 264 Å². The van der Waals surface area contributed by atoms with Crippen LogP contribution < -0.4 is 69.3 Å². The van der Waals surface area contributed by atoms with Crippen molar-refractivity contribution in [3.8, 4) is 0 Å². The molecule has 0 bridgehead atoms. The van der Waals surface area contributed by atoms with E-state index in [1.54, 1.807) is 0 Å². The van der Waals surface area contributed by atoms with Crippen molar-refractivity contribution in [2.75, 3.05) is 0 Å². The van der Waals surface area contributed by atoms with Crippen molar-refractivity contribution >= 4 is 22.1 Å². The van der Waals surface area contributed by atoms with Crippen molar-refractivity contribution in [1.29, 1.82) is 0 Å². The van der Waals surface area contributed by atoms with E-state index in [4.69, 9.17) is 0 Å². The van der Waals surface area contributed by atoms with Crippen molar-refractivity contribution in [2.45, 2.75) is 135 Å². The van der Waals surface area contributed by atoms with Crippen LogP contribution in [-0.2, 0) is 19.7 Å². The Bertz CT molecular complexity index is 743. The van der Waals surface area contributed by atoms with Gasteiger partial charge in [0.1, 0.15) is 0 Å². The second-order valence-electron chi connectivity index (χ2n) is 9.84. The molecule has 2 unspecified atom stereocenters. The Balaban J connectivity index is -0.00000544. The van der Waals surface area contributed by atoms with Gasteiger partial charge in [-0.2, -0.15) is 8.42 Å². The SMILES string of the molecule is C=C(C)CC(C(=O)[O-])(C(CCCCCC)(CCCCCCCCCCCC)C(=O)[O-])S(=O)(=O)O.[Na+].[Na+]. The average molecular weight is 549 g/mol. The minimum absolute atomic E-state index is 0. The molecule has 36 heavy (non-hydrogen) atoms. The van der Waals surface area contributed by atoms with Gasteiger partial charge in [0.15, 0.2) is 4.75 Å². The Hall–Kier alpha value is 0.590. The predicted molar refractivity (Wildman–Crippen MR) is 131 cm³/mol. The fourth-order valence-electron chi connectivity index (χ4n) is 4.97. The maximum Gasteiger partial charge on any atom is 1.00 e. The van der Waals surface area contributed by atoms with Gasteiger partial charge in [0.2, 0.25) is 0 Å². The molecule has 0 aliphatic heterocycles. The second kappa shape index (κ2) is 21.4. The third-order valence-electron chi connectivity index (χ3n) is 6.90. The van der Waals surface area contributed by atoms with Crippen LogP contribution in [0.2, 0.25) is 0 Å². The van der Waals surface area contributed by atoms with E-state index in [1.165, 1.54) is 32.6 Å². The van der Waals surface area contributed by atoms with Crippen LogP contribution in [0.25, 0.3) is 0 Å². The quantitative estimate of drug-likeness (QED) is 0.0742. The molecule has 0 saturated heterocycles. The van der Waals surface area contributed by atoms with Gasteiger partial charge >= 0.3 is 59.1 Å². The van der Waals surface area contributed by atoms with E-state index in [9.17, 15) is 32.8 Å². The molecular formula is C26H46Na2O7S. The molecule has 0 heterocycles. The first-order valence-corrected chi connectivity index (χ1v) is 14.4. The Morgan fingerprint density at radius 2 is 1.06 bits per heavy atom. The molecule has 2 atom stereocenters. The van der Waals surface area contributed by atoms with Gasteiger partial charge < -0.3 is 19.8 Å². The number of carbonyl (C=O) groups is 2. The summed E-state index contributed by atoms with van der Waals surface area (Å²) >= 11 is 0. The summed E-state index contributed by atoms with van der Waals surface area (Å²) in [6.07, 6.45) is 11.3. The fourth-order valence-corrected chi connectivity index (χ4v) is 6.39. The first-order valence-electron chi connectivity index (χ1n) is 13.0. The molecule has 0 amide bonds. The molecule has 0 aliphatic carbocycles. The van der Waals surface area contributed by atoms with Gasteiger partial charge in [0.05, 0.1) is 5.97 Å². The summed E-state index contributed by atoms with van der Waals surface area (Å²) in [5.41, 5.74) is -2.18. The van der Waals surface area contributed by atoms with Crippen LogP contribution in [0, 0.1) is 5.41 Å². The van der Waals surface area contributed by atoms with Crippen LogP contribution in [0.3, 0.4) is 0 Å². The van der Waals surface area contributed by atoms with Gasteiger partial charge in [-0.05, 0) is 26.2 Å². The van der Waals surface area contributed by atoms with E-state index in [0.717, 1.165) is 38.5 Å². The van der Waals surface area contributed by atoms with E-state index in [1.807, 2.05) is 6.92 Å². The number of hydrogen-bond donors (Lipinski definition) is 1. The molecule has 10 heteroatoms. The largest absolute Gasteiger partial charge is 1.00 e. The number of carboxylic acid groups (broad SMARTS) is 2. The maximum absolute atomic E-state index is 12.6. The number of rotatable bonds is 22. The van der Waals surface area contributed by atoms with Crippen molar-refractivity contribution in [3.05, 3.63) is 12.2 Å². The molecule has 1 N–H and O–H groups in total. The van der Waals surface area contributed by atoms with Crippen molar-refractivity contribution < 1.29 is 91.9 Å². The molecule has 0 radical (unpaired) electrons. The van der Waals surface area contributed by atoms with Gasteiger partial charge in [0, 0.05) is 11.4 Å². The molecule has 0 aromatic heterocycles. The van der Waals surface area contributed by atoms with E-state index < -0.39 is 38.6 Å². The van der Waals surface area contributed by atoms with Crippen LogP contribution >= 0.6 is 0 Å². The summed E-state index contributed by atoms with van der Waals surface area (Å²) in [6.45, 7) is 9.14. The summed E-state index contributed by atoms with van der Waals surface area (Å²) in [4.78, 5) is 24.9. The summed E-state index contributed by atoms with van der Waals surface area (Å²) in [7, 11) is -5.37. The Morgan fingerprint density at radius 1 is 0.722 bits per heavy atom. The zero-order valence-corrected chi connectivity index (χ0v) is 28.3. The monoisotopic (exact) mass is 548 g/mol.